The van der Waals surface area contributed by atoms with Gasteiger partial charge in [-0.2, -0.15) is 5.26 Å². The SMILES string of the molecule is CCC(CC#N)NC(=O)CC1CS(=O)(=O)CCN1. The molecule has 1 aliphatic heterocycles. The summed E-state index contributed by atoms with van der Waals surface area (Å²) in [6.45, 7) is 2.29. The molecule has 0 spiro atoms. The van der Waals surface area contributed by atoms with Gasteiger partial charge in [0.1, 0.15) is 0 Å². The van der Waals surface area contributed by atoms with Gasteiger partial charge in [-0.05, 0) is 6.42 Å². The average Bonchev–Trinajstić information content (AvgIpc) is 2.26. The largest absolute Gasteiger partial charge is 0.352 e. The zero-order valence-corrected chi connectivity index (χ0v) is 11.3. The number of rotatable bonds is 5. The number of carbonyl (C=O) groups is 1. The summed E-state index contributed by atoms with van der Waals surface area (Å²) in [6, 6.07) is 1.55. The number of amides is 1. The summed E-state index contributed by atoms with van der Waals surface area (Å²) in [5.41, 5.74) is 0. The lowest BCUT2D eigenvalue weighted by Gasteiger charge is -2.24. The van der Waals surface area contributed by atoms with E-state index in [0.29, 0.717) is 13.0 Å². The van der Waals surface area contributed by atoms with E-state index in [0.717, 1.165) is 0 Å². The van der Waals surface area contributed by atoms with Gasteiger partial charge in [-0.1, -0.05) is 6.92 Å². The number of nitrogens with zero attached hydrogens (tertiary/aromatic N) is 1. The zero-order valence-electron chi connectivity index (χ0n) is 10.5. The van der Waals surface area contributed by atoms with Crippen LogP contribution < -0.4 is 10.6 Å². The maximum absolute atomic E-state index is 11.7. The Morgan fingerprint density at radius 3 is 2.89 bits per heavy atom. The number of hydrogen-bond donors (Lipinski definition) is 2. The molecular formula is C11H19N3O3S. The summed E-state index contributed by atoms with van der Waals surface area (Å²) in [7, 11) is -3.02. The van der Waals surface area contributed by atoms with Crippen LogP contribution in [0.25, 0.3) is 0 Å². The molecule has 6 nitrogen and oxygen atoms in total. The summed E-state index contributed by atoms with van der Waals surface area (Å²) >= 11 is 0. The standard InChI is InChI=1S/C11H19N3O3S/c1-2-9(3-4-12)14-11(15)7-10-8-18(16,17)6-5-13-10/h9-10,13H,2-3,5-8H2,1H3,(H,14,15). The fourth-order valence-corrected chi connectivity index (χ4v) is 3.36. The third kappa shape index (κ3) is 5.02. The van der Waals surface area contributed by atoms with E-state index >= 15 is 0 Å². The first-order chi connectivity index (χ1) is 8.46. The quantitative estimate of drug-likeness (QED) is 0.708. The van der Waals surface area contributed by atoms with Crippen molar-refractivity contribution in [1.29, 1.82) is 5.26 Å². The lowest BCUT2D eigenvalue weighted by Crippen LogP contribution is -2.48. The molecular weight excluding hydrogens is 254 g/mol. The van der Waals surface area contributed by atoms with Crippen molar-refractivity contribution in [1.82, 2.24) is 10.6 Å². The van der Waals surface area contributed by atoms with Gasteiger partial charge < -0.3 is 10.6 Å². The van der Waals surface area contributed by atoms with Gasteiger partial charge in [0.05, 0.1) is 24.0 Å². The van der Waals surface area contributed by atoms with Gasteiger partial charge in [0, 0.05) is 25.0 Å². The molecule has 1 aliphatic rings. The molecule has 2 unspecified atom stereocenters. The first-order valence-electron chi connectivity index (χ1n) is 6.07. The molecule has 1 fully saturated rings. The van der Waals surface area contributed by atoms with Crippen LogP contribution in [0.2, 0.25) is 0 Å². The normalized spacial score (nSPS) is 23.9. The van der Waals surface area contributed by atoms with Gasteiger partial charge in [0.25, 0.3) is 0 Å². The molecule has 102 valence electrons. The van der Waals surface area contributed by atoms with Crippen molar-refractivity contribution in [2.75, 3.05) is 18.1 Å². The minimum Gasteiger partial charge on any atom is -0.352 e. The first kappa shape index (κ1) is 14.9. The summed E-state index contributed by atoms with van der Waals surface area (Å²) in [5, 5.41) is 14.3. The molecule has 1 heterocycles. The van der Waals surface area contributed by atoms with Crippen molar-refractivity contribution in [3.8, 4) is 6.07 Å². The molecule has 0 aromatic carbocycles. The molecule has 0 radical (unpaired) electrons. The van der Waals surface area contributed by atoms with Crippen molar-refractivity contribution >= 4 is 15.7 Å². The molecule has 7 heteroatoms. The van der Waals surface area contributed by atoms with Gasteiger partial charge in [0.2, 0.25) is 5.91 Å². The second-order valence-corrected chi connectivity index (χ2v) is 6.73. The van der Waals surface area contributed by atoms with Crippen LogP contribution in [-0.2, 0) is 14.6 Å². The van der Waals surface area contributed by atoms with Crippen molar-refractivity contribution in [3.63, 3.8) is 0 Å². The van der Waals surface area contributed by atoms with Crippen LogP contribution in [0.15, 0.2) is 0 Å². The molecule has 0 aromatic heterocycles. The number of sulfone groups is 1. The smallest absolute Gasteiger partial charge is 0.221 e. The minimum absolute atomic E-state index is 0.00939. The van der Waals surface area contributed by atoms with E-state index in [-0.39, 0.29) is 42.3 Å². The van der Waals surface area contributed by atoms with Crippen LogP contribution in [0.5, 0.6) is 0 Å². The summed E-state index contributed by atoms with van der Waals surface area (Å²) in [5.74, 6) is -0.0567. The zero-order chi connectivity index (χ0) is 13.6. The molecule has 1 amide bonds. The third-order valence-electron chi connectivity index (χ3n) is 2.93. The van der Waals surface area contributed by atoms with Gasteiger partial charge >= 0.3 is 0 Å². The minimum atomic E-state index is -3.02. The van der Waals surface area contributed by atoms with Crippen LogP contribution >= 0.6 is 0 Å². The van der Waals surface area contributed by atoms with Gasteiger partial charge in [-0.3, -0.25) is 4.79 Å². The number of hydrogen-bond acceptors (Lipinski definition) is 5. The van der Waals surface area contributed by atoms with Crippen LogP contribution in [0.4, 0.5) is 0 Å². The Labute approximate surface area is 108 Å². The summed E-state index contributed by atoms with van der Waals surface area (Å²) in [4.78, 5) is 11.7. The second kappa shape index (κ2) is 6.71. The maximum atomic E-state index is 11.7. The van der Waals surface area contributed by atoms with E-state index in [4.69, 9.17) is 5.26 Å². The van der Waals surface area contributed by atoms with E-state index in [1.54, 1.807) is 0 Å². The molecule has 0 bridgehead atoms. The molecule has 0 saturated carbocycles. The van der Waals surface area contributed by atoms with Crippen LogP contribution in [0.3, 0.4) is 0 Å². The molecule has 0 aliphatic carbocycles. The Balaban J connectivity index is 2.42. The molecule has 18 heavy (non-hydrogen) atoms. The predicted molar refractivity (Wildman–Crippen MR) is 67.5 cm³/mol. The topological polar surface area (TPSA) is 99.1 Å². The number of nitrogens with one attached hydrogen (secondary N) is 2. The van der Waals surface area contributed by atoms with Gasteiger partial charge in [0.15, 0.2) is 9.84 Å². The molecule has 1 rings (SSSR count). The summed E-state index contributed by atoms with van der Waals surface area (Å²) in [6.07, 6.45) is 1.11. The van der Waals surface area contributed by atoms with Gasteiger partial charge in [-0.25, -0.2) is 8.42 Å². The highest BCUT2D eigenvalue weighted by atomic mass is 32.2. The molecule has 0 aromatic rings. The van der Waals surface area contributed by atoms with Crippen LogP contribution in [0, 0.1) is 11.3 Å². The number of nitriles is 1. The van der Waals surface area contributed by atoms with Crippen molar-refractivity contribution in [2.45, 2.75) is 38.3 Å². The highest BCUT2D eigenvalue weighted by Gasteiger charge is 2.26. The number of carbonyl (C=O) groups excluding carboxylic acids is 1. The second-order valence-electron chi connectivity index (χ2n) is 4.50. The van der Waals surface area contributed by atoms with E-state index in [1.807, 2.05) is 13.0 Å². The fourth-order valence-electron chi connectivity index (χ4n) is 1.92. The Morgan fingerprint density at radius 1 is 1.61 bits per heavy atom. The van der Waals surface area contributed by atoms with E-state index < -0.39 is 9.84 Å². The average molecular weight is 273 g/mol. The van der Waals surface area contributed by atoms with E-state index in [2.05, 4.69) is 10.6 Å². The Bertz CT molecular complexity index is 427. The molecule has 2 atom stereocenters. The Kier molecular flexibility index (Phi) is 5.56. The maximum Gasteiger partial charge on any atom is 0.221 e. The highest BCUT2D eigenvalue weighted by molar-refractivity contribution is 7.91. The third-order valence-corrected chi connectivity index (χ3v) is 4.66. The van der Waals surface area contributed by atoms with Crippen molar-refractivity contribution in [3.05, 3.63) is 0 Å². The van der Waals surface area contributed by atoms with Crippen LogP contribution in [-0.4, -0.2) is 44.5 Å². The molecule has 1 saturated heterocycles. The van der Waals surface area contributed by atoms with E-state index in [1.165, 1.54) is 0 Å². The predicted octanol–water partition coefficient (Wildman–Crippen LogP) is -0.428. The lowest BCUT2D eigenvalue weighted by molar-refractivity contribution is -0.122. The fraction of sp³-hybridized carbons (Fsp3) is 0.818. The highest BCUT2D eigenvalue weighted by Crippen LogP contribution is 2.06. The molecule has 2 N–H and O–H groups in total. The van der Waals surface area contributed by atoms with Gasteiger partial charge in [-0.15, -0.1) is 0 Å². The first-order valence-corrected chi connectivity index (χ1v) is 7.89. The van der Waals surface area contributed by atoms with Crippen molar-refractivity contribution in [2.24, 2.45) is 0 Å². The monoisotopic (exact) mass is 273 g/mol. The lowest BCUT2D eigenvalue weighted by atomic mass is 10.1. The van der Waals surface area contributed by atoms with Crippen molar-refractivity contribution < 1.29 is 13.2 Å². The Hall–Kier alpha value is -1.13. The Morgan fingerprint density at radius 2 is 2.33 bits per heavy atom. The van der Waals surface area contributed by atoms with E-state index in [9.17, 15) is 13.2 Å². The van der Waals surface area contributed by atoms with Crippen LogP contribution in [0.1, 0.15) is 26.2 Å². The summed E-state index contributed by atoms with van der Waals surface area (Å²) < 4.78 is 22.8.